The highest BCUT2D eigenvalue weighted by Crippen LogP contribution is 2.27. The minimum atomic E-state index is -4.50. The number of pyridine rings is 2. The van der Waals surface area contributed by atoms with E-state index in [1.165, 1.54) is 18.5 Å². The number of hydrogen-bond acceptors (Lipinski definition) is 4. The van der Waals surface area contributed by atoms with Crippen LogP contribution >= 0.6 is 0 Å². The van der Waals surface area contributed by atoms with Gasteiger partial charge in [-0.2, -0.15) is 28.5 Å². The van der Waals surface area contributed by atoms with Crippen LogP contribution in [0.4, 0.5) is 13.2 Å². The van der Waals surface area contributed by atoms with Crippen LogP contribution in [0, 0.1) is 11.5 Å². The molecule has 120 valence electrons. The molecule has 6 nitrogen and oxygen atoms in total. The maximum Gasteiger partial charge on any atom is 0.435 e. The maximum atomic E-state index is 12.6. The number of alkyl halides is 3. The summed E-state index contributed by atoms with van der Waals surface area (Å²) in [4.78, 5) is 7.80. The lowest BCUT2D eigenvalue weighted by Gasteiger charge is -2.07. The second-order valence-corrected chi connectivity index (χ2v) is 4.66. The number of rotatable bonds is 2. The summed E-state index contributed by atoms with van der Waals surface area (Å²) in [5, 5.41) is 12.2. The zero-order valence-electron chi connectivity index (χ0n) is 12.0. The van der Waals surface area contributed by atoms with Crippen molar-refractivity contribution in [3.05, 3.63) is 66.2 Å². The van der Waals surface area contributed by atoms with Crippen molar-refractivity contribution < 1.29 is 13.2 Å². The largest absolute Gasteiger partial charge is 0.435 e. The van der Waals surface area contributed by atoms with Gasteiger partial charge in [-0.3, -0.25) is 4.57 Å². The summed E-state index contributed by atoms with van der Waals surface area (Å²) in [6.45, 7) is 0. The van der Waals surface area contributed by atoms with E-state index in [1.54, 1.807) is 41.2 Å². The third-order valence-electron chi connectivity index (χ3n) is 3.13. The van der Waals surface area contributed by atoms with Crippen molar-refractivity contribution in [2.75, 3.05) is 0 Å². The predicted octanol–water partition coefficient (Wildman–Crippen LogP) is 2.46. The van der Waals surface area contributed by atoms with E-state index in [0.29, 0.717) is 11.2 Å². The average molecular weight is 330 g/mol. The molecule has 9 heteroatoms. The molecule has 0 fully saturated rings. The van der Waals surface area contributed by atoms with E-state index in [1.807, 2.05) is 0 Å². The topological polar surface area (TPSA) is 71.8 Å². The second-order valence-electron chi connectivity index (χ2n) is 4.66. The number of nitriles is 1. The first-order chi connectivity index (χ1) is 11.5. The highest BCUT2D eigenvalue weighted by atomic mass is 19.4. The van der Waals surface area contributed by atoms with Gasteiger partial charge in [0.25, 0.3) is 0 Å². The molecule has 0 aromatic carbocycles. The normalized spacial score (nSPS) is 12.2. The van der Waals surface area contributed by atoms with Crippen molar-refractivity contribution in [1.82, 2.24) is 19.3 Å². The van der Waals surface area contributed by atoms with Gasteiger partial charge in [-0.15, -0.1) is 0 Å². The Morgan fingerprint density at radius 2 is 1.92 bits per heavy atom. The van der Waals surface area contributed by atoms with Gasteiger partial charge in [0.05, 0.1) is 11.9 Å². The van der Waals surface area contributed by atoms with E-state index in [2.05, 4.69) is 15.1 Å². The zero-order valence-corrected chi connectivity index (χ0v) is 12.0. The van der Waals surface area contributed by atoms with Crippen LogP contribution in [0.25, 0.3) is 11.5 Å². The Morgan fingerprint density at radius 3 is 2.54 bits per heavy atom. The van der Waals surface area contributed by atoms with Gasteiger partial charge >= 0.3 is 6.18 Å². The first kappa shape index (κ1) is 15.5. The predicted molar refractivity (Wildman–Crippen MR) is 76.9 cm³/mol. The summed E-state index contributed by atoms with van der Waals surface area (Å²) in [7, 11) is 0. The highest BCUT2D eigenvalue weighted by molar-refractivity contribution is 5.34. The summed E-state index contributed by atoms with van der Waals surface area (Å²) in [5.41, 5.74) is 0.0328. The van der Waals surface area contributed by atoms with Crippen molar-refractivity contribution in [2.24, 2.45) is 4.99 Å². The lowest BCUT2D eigenvalue weighted by atomic mass is 10.3. The van der Waals surface area contributed by atoms with Crippen LogP contribution in [0.3, 0.4) is 0 Å². The van der Waals surface area contributed by atoms with Crippen LogP contribution in [-0.2, 0) is 6.18 Å². The fourth-order valence-electron chi connectivity index (χ4n) is 2.05. The number of halogens is 3. The Bertz CT molecular complexity index is 960. The van der Waals surface area contributed by atoms with Gasteiger partial charge in [-0.05, 0) is 30.3 Å². The van der Waals surface area contributed by atoms with Gasteiger partial charge in [0.15, 0.2) is 11.5 Å². The summed E-state index contributed by atoms with van der Waals surface area (Å²) < 4.78 is 40.4. The Balaban J connectivity index is 1.97. The molecule has 0 aliphatic heterocycles. The molecule has 3 rings (SSSR count). The van der Waals surface area contributed by atoms with Gasteiger partial charge in [0.1, 0.15) is 5.49 Å². The molecule has 3 aromatic heterocycles. The zero-order chi connectivity index (χ0) is 17.2. The quantitative estimate of drug-likeness (QED) is 0.678. The molecule has 3 aromatic rings. The molecule has 0 saturated heterocycles. The standard InChI is InChI=1S/C15H9F3N6/c16-15(17,18)12-6-8-24(22-12)14-5-4-11(9-20-14)23-7-2-1-3-13(23)21-10-19/h1-9H. The minimum absolute atomic E-state index is 0.240. The first-order valence-electron chi connectivity index (χ1n) is 6.69. The van der Waals surface area contributed by atoms with Gasteiger partial charge in [-0.25, -0.2) is 9.67 Å². The molecule has 0 aliphatic rings. The molecule has 0 amide bonds. The molecule has 0 atom stereocenters. The minimum Gasteiger partial charge on any atom is -0.300 e. The van der Waals surface area contributed by atoms with E-state index < -0.39 is 11.9 Å². The van der Waals surface area contributed by atoms with Crippen LogP contribution in [-0.4, -0.2) is 19.3 Å². The van der Waals surface area contributed by atoms with Crippen molar-refractivity contribution >= 4 is 0 Å². The highest BCUT2D eigenvalue weighted by Gasteiger charge is 2.33. The number of aromatic nitrogens is 4. The monoisotopic (exact) mass is 330 g/mol. The maximum absolute atomic E-state index is 12.6. The summed E-state index contributed by atoms with van der Waals surface area (Å²) >= 11 is 0. The van der Waals surface area contributed by atoms with Crippen molar-refractivity contribution in [3.8, 4) is 17.7 Å². The smallest absolute Gasteiger partial charge is 0.300 e. The van der Waals surface area contributed by atoms with Crippen LogP contribution in [0.2, 0.25) is 0 Å². The molecular formula is C15H9F3N6. The summed E-state index contributed by atoms with van der Waals surface area (Å²) in [6.07, 6.45) is 1.56. The van der Waals surface area contributed by atoms with Crippen molar-refractivity contribution in [3.63, 3.8) is 0 Å². The average Bonchev–Trinajstić information content (AvgIpc) is 3.06. The Kier molecular flexibility index (Phi) is 3.87. The Hall–Kier alpha value is -3.41. The molecule has 0 aliphatic carbocycles. The van der Waals surface area contributed by atoms with E-state index in [-0.39, 0.29) is 5.82 Å². The molecule has 24 heavy (non-hydrogen) atoms. The lowest BCUT2D eigenvalue weighted by molar-refractivity contribution is -0.141. The van der Waals surface area contributed by atoms with E-state index in [4.69, 9.17) is 5.26 Å². The third kappa shape index (κ3) is 3.03. The van der Waals surface area contributed by atoms with Gasteiger partial charge < -0.3 is 0 Å². The van der Waals surface area contributed by atoms with Gasteiger partial charge in [0, 0.05) is 12.4 Å². The van der Waals surface area contributed by atoms with Crippen molar-refractivity contribution in [1.29, 1.82) is 5.26 Å². The van der Waals surface area contributed by atoms with E-state index in [0.717, 1.165) is 10.7 Å². The van der Waals surface area contributed by atoms with Crippen LogP contribution in [0.5, 0.6) is 0 Å². The van der Waals surface area contributed by atoms with Crippen LogP contribution in [0.15, 0.2) is 60.0 Å². The van der Waals surface area contributed by atoms with Crippen LogP contribution in [0.1, 0.15) is 5.69 Å². The molecule has 3 heterocycles. The first-order valence-corrected chi connectivity index (χ1v) is 6.69. The van der Waals surface area contributed by atoms with E-state index >= 15 is 0 Å². The number of hydrogen-bond donors (Lipinski definition) is 0. The number of nitrogens with zero attached hydrogens (tertiary/aromatic N) is 6. The van der Waals surface area contributed by atoms with Crippen LogP contribution < -0.4 is 5.49 Å². The van der Waals surface area contributed by atoms with Gasteiger partial charge in [-0.1, -0.05) is 6.07 Å². The molecule has 0 radical (unpaired) electrons. The second kappa shape index (κ2) is 6.00. The fourth-order valence-corrected chi connectivity index (χ4v) is 2.05. The summed E-state index contributed by atoms with van der Waals surface area (Å²) in [5.74, 6) is 0.240. The summed E-state index contributed by atoms with van der Waals surface area (Å²) in [6, 6.07) is 9.20. The molecule has 0 saturated carbocycles. The molecule has 0 N–H and O–H groups in total. The van der Waals surface area contributed by atoms with Gasteiger partial charge in [0.2, 0.25) is 6.19 Å². The Labute approximate surface area is 133 Å². The molecular weight excluding hydrogens is 321 g/mol. The molecule has 0 spiro atoms. The fraction of sp³-hybridized carbons (Fsp3) is 0.0667. The van der Waals surface area contributed by atoms with Crippen molar-refractivity contribution in [2.45, 2.75) is 6.18 Å². The lowest BCUT2D eigenvalue weighted by Crippen LogP contribution is -2.17. The third-order valence-corrected chi connectivity index (χ3v) is 3.13. The molecule has 0 bridgehead atoms. The SMILES string of the molecule is N#CN=c1ccccn1-c1ccc(-n2ccc(C(F)(F)F)n2)nc1. The molecule has 0 unspecified atom stereocenters. The Morgan fingerprint density at radius 1 is 1.08 bits per heavy atom. The van der Waals surface area contributed by atoms with E-state index in [9.17, 15) is 13.2 Å².